The van der Waals surface area contributed by atoms with Gasteiger partial charge >= 0.3 is 0 Å². The van der Waals surface area contributed by atoms with Crippen LogP contribution in [0.25, 0.3) is 0 Å². The van der Waals surface area contributed by atoms with Gasteiger partial charge in [-0.2, -0.15) is 0 Å². The number of non-ortho nitro benzene ring substituents is 1. The van der Waals surface area contributed by atoms with Crippen molar-refractivity contribution < 1.29 is 23.7 Å². The Kier molecular flexibility index (Phi) is 3.90. The number of anilines is 2. The standard InChI is InChI=1S/C23H19FN4O5/c1-11-9-13(28(32)33)5-7-16(11)27-20(29)18-17-3-2-8-26(17)23(19(18)21(27)30)14-10-12(24)4-6-15(14)25-22(23)31/h4-7,9-10,17-19H,2-3,8H2,1H3,(H,25,31). The van der Waals surface area contributed by atoms with Gasteiger partial charge in [-0.1, -0.05) is 0 Å². The van der Waals surface area contributed by atoms with Gasteiger partial charge in [0.2, 0.25) is 17.7 Å². The van der Waals surface area contributed by atoms with E-state index >= 15 is 0 Å². The fourth-order valence-corrected chi connectivity index (χ4v) is 6.42. The summed E-state index contributed by atoms with van der Waals surface area (Å²) in [6.45, 7) is 2.12. The lowest BCUT2D eigenvalue weighted by Gasteiger charge is -2.36. The number of rotatable bonds is 2. The minimum absolute atomic E-state index is 0.145. The number of aryl methyl sites for hydroxylation is 1. The summed E-state index contributed by atoms with van der Waals surface area (Å²) in [4.78, 5) is 54.6. The van der Waals surface area contributed by atoms with Crippen LogP contribution in [0.4, 0.5) is 21.5 Å². The van der Waals surface area contributed by atoms with Crippen LogP contribution in [0, 0.1) is 34.7 Å². The molecule has 4 heterocycles. The highest BCUT2D eigenvalue weighted by atomic mass is 19.1. The Labute approximate surface area is 187 Å². The number of nitro benzene ring substituents is 1. The fraction of sp³-hybridized carbons (Fsp3) is 0.348. The Hall–Kier alpha value is -3.66. The highest BCUT2D eigenvalue weighted by Gasteiger charge is 2.74. The van der Waals surface area contributed by atoms with E-state index in [1.54, 1.807) is 6.92 Å². The third-order valence-corrected chi connectivity index (χ3v) is 7.59. The number of imide groups is 1. The first-order valence-corrected chi connectivity index (χ1v) is 10.8. The number of fused-ring (bicyclic) bond motifs is 7. The Bertz CT molecular complexity index is 1300. The smallest absolute Gasteiger partial charge is 0.269 e. The zero-order valence-electron chi connectivity index (χ0n) is 17.6. The molecule has 1 spiro atoms. The molecule has 4 atom stereocenters. The maximum atomic E-state index is 14.3. The average molecular weight is 450 g/mol. The van der Waals surface area contributed by atoms with Crippen LogP contribution < -0.4 is 10.2 Å². The molecule has 0 aromatic heterocycles. The van der Waals surface area contributed by atoms with Gasteiger partial charge in [0.1, 0.15) is 11.4 Å². The molecule has 2 aromatic carbocycles. The fourth-order valence-electron chi connectivity index (χ4n) is 6.42. The minimum Gasteiger partial charge on any atom is -0.324 e. The van der Waals surface area contributed by atoms with Crippen molar-refractivity contribution in [1.82, 2.24) is 4.90 Å². The van der Waals surface area contributed by atoms with Gasteiger partial charge in [0.15, 0.2) is 0 Å². The van der Waals surface area contributed by atoms with Crippen LogP contribution in [0.2, 0.25) is 0 Å². The van der Waals surface area contributed by atoms with Crippen molar-refractivity contribution in [1.29, 1.82) is 0 Å². The quantitative estimate of drug-likeness (QED) is 0.427. The van der Waals surface area contributed by atoms with E-state index in [4.69, 9.17) is 0 Å². The highest BCUT2D eigenvalue weighted by Crippen LogP contribution is 2.60. The lowest BCUT2D eigenvalue weighted by Crippen LogP contribution is -2.54. The van der Waals surface area contributed by atoms with Gasteiger partial charge in [-0.05, 0) is 56.1 Å². The number of halogens is 1. The van der Waals surface area contributed by atoms with E-state index in [0.717, 1.165) is 11.3 Å². The van der Waals surface area contributed by atoms with Crippen LogP contribution in [0.5, 0.6) is 0 Å². The van der Waals surface area contributed by atoms with Crippen LogP contribution in [-0.4, -0.2) is 40.1 Å². The number of nitrogens with one attached hydrogen (secondary N) is 1. The average Bonchev–Trinajstić information content (AvgIpc) is 3.47. The van der Waals surface area contributed by atoms with E-state index in [1.165, 1.54) is 36.4 Å². The number of nitrogens with zero attached hydrogens (tertiary/aromatic N) is 3. The Morgan fingerprint density at radius 1 is 1.15 bits per heavy atom. The topological polar surface area (TPSA) is 113 Å². The van der Waals surface area contributed by atoms with Gasteiger partial charge in [-0.15, -0.1) is 0 Å². The molecule has 4 aliphatic heterocycles. The second kappa shape index (κ2) is 6.44. The van der Waals surface area contributed by atoms with Crippen molar-refractivity contribution in [2.75, 3.05) is 16.8 Å². The van der Waals surface area contributed by atoms with Crippen molar-refractivity contribution in [3.8, 4) is 0 Å². The highest BCUT2D eigenvalue weighted by molar-refractivity contribution is 6.26. The Morgan fingerprint density at radius 2 is 1.94 bits per heavy atom. The predicted octanol–water partition coefficient (Wildman–Crippen LogP) is 2.47. The first-order chi connectivity index (χ1) is 15.8. The summed E-state index contributed by atoms with van der Waals surface area (Å²) in [6, 6.07) is 7.65. The summed E-state index contributed by atoms with van der Waals surface area (Å²) in [6.07, 6.45) is 1.40. The number of hydrogen-bond donors (Lipinski definition) is 1. The molecule has 10 heteroatoms. The van der Waals surface area contributed by atoms with E-state index in [0.29, 0.717) is 29.8 Å². The summed E-state index contributed by atoms with van der Waals surface area (Å²) in [5.74, 6) is -3.67. The molecule has 9 nitrogen and oxygen atoms in total. The van der Waals surface area contributed by atoms with Crippen molar-refractivity contribution in [3.05, 3.63) is 63.5 Å². The molecule has 0 saturated carbocycles. The molecule has 4 aliphatic rings. The number of nitro groups is 1. The lowest BCUT2D eigenvalue weighted by atomic mass is 9.75. The van der Waals surface area contributed by atoms with Gasteiger partial charge in [0, 0.05) is 29.4 Å². The molecular formula is C23H19FN4O5. The van der Waals surface area contributed by atoms with E-state index in [9.17, 15) is 28.9 Å². The summed E-state index contributed by atoms with van der Waals surface area (Å²) < 4.78 is 14.3. The van der Waals surface area contributed by atoms with E-state index in [1.807, 2.05) is 4.90 Å². The van der Waals surface area contributed by atoms with Crippen LogP contribution >= 0.6 is 0 Å². The zero-order chi connectivity index (χ0) is 23.2. The number of amides is 3. The second-order valence-corrected chi connectivity index (χ2v) is 9.06. The molecule has 0 radical (unpaired) electrons. The molecule has 6 rings (SSSR count). The van der Waals surface area contributed by atoms with E-state index in [-0.39, 0.29) is 17.4 Å². The molecule has 2 aromatic rings. The molecule has 1 N–H and O–H groups in total. The maximum absolute atomic E-state index is 14.3. The third-order valence-electron chi connectivity index (χ3n) is 7.59. The van der Waals surface area contributed by atoms with Crippen LogP contribution in [0.1, 0.15) is 24.0 Å². The van der Waals surface area contributed by atoms with Gasteiger partial charge in [-0.3, -0.25) is 29.4 Å². The summed E-state index contributed by atoms with van der Waals surface area (Å²) in [5, 5.41) is 13.9. The number of benzene rings is 2. The summed E-state index contributed by atoms with van der Waals surface area (Å²) >= 11 is 0. The minimum atomic E-state index is -1.46. The molecule has 4 unspecified atom stereocenters. The molecule has 3 fully saturated rings. The number of hydrogen-bond acceptors (Lipinski definition) is 6. The molecule has 3 saturated heterocycles. The van der Waals surface area contributed by atoms with Gasteiger partial charge in [-0.25, -0.2) is 9.29 Å². The number of carbonyl (C=O) groups excluding carboxylic acids is 3. The van der Waals surface area contributed by atoms with Gasteiger partial charge < -0.3 is 5.32 Å². The largest absolute Gasteiger partial charge is 0.324 e. The second-order valence-electron chi connectivity index (χ2n) is 9.06. The first kappa shape index (κ1) is 20.0. The summed E-state index contributed by atoms with van der Waals surface area (Å²) in [5.41, 5.74) is -0.103. The molecule has 0 bridgehead atoms. The molecule has 3 amide bonds. The van der Waals surface area contributed by atoms with Crippen molar-refractivity contribution in [2.24, 2.45) is 11.8 Å². The molecule has 168 valence electrons. The first-order valence-electron chi connectivity index (χ1n) is 10.8. The normalized spacial score (nSPS) is 30.1. The maximum Gasteiger partial charge on any atom is 0.269 e. The van der Waals surface area contributed by atoms with Gasteiger partial charge in [0.05, 0.1) is 22.4 Å². The molecule has 33 heavy (non-hydrogen) atoms. The third kappa shape index (κ3) is 2.31. The Balaban J connectivity index is 1.53. The van der Waals surface area contributed by atoms with Crippen LogP contribution in [0.15, 0.2) is 36.4 Å². The van der Waals surface area contributed by atoms with E-state index < -0.39 is 45.8 Å². The molecular weight excluding hydrogens is 431 g/mol. The number of carbonyl (C=O) groups is 3. The zero-order valence-corrected chi connectivity index (χ0v) is 17.6. The lowest BCUT2D eigenvalue weighted by molar-refractivity contribution is -0.384. The van der Waals surface area contributed by atoms with Gasteiger partial charge in [0.25, 0.3) is 5.69 Å². The van der Waals surface area contributed by atoms with Crippen molar-refractivity contribution >= 4 is 34.8 Å². The summed E-state index contributed by atoms with van der Waals surface area (Å²) in [7, 11) is 0. The Morgan fingerprint density at radius 3 is 2.67 bits per heavy atom. The van der Waals surface area contributed by atoms with E-state index in [2.05, 4.69) is 5.32 Å². The monoisotopic (exact) mass is 450 g/mol. The predicted molar refractivity (Wildman–Crippen MR) is 114 cm³/mol. The van der Waals surface area contributed by atoms with Crippen LogP contribution in [-0.2, 0) is 19.9 Å². The van der Waals surface area contributed by atoms with Crippen molar-refractivity contribution in [2.45, 2.75) is 31.3 Å². The van der Waals surface area contributed by atoms with Crippen molar-refractivity contribution in [3.63, 3.8) is 0 Å². The van der Waals surface area contributed by atoms with Crippen LogP contribution in [0.3, 0.4) is 0 Å². The SMILES string of the molecule is Cc1cc([N+](=O)[O-])ccc1N1C(=O)C2C3CCCN3C3(C(=O)Nc4ccc(F)cc43)C2C1=O. The molecule has 0 aliphatic carbocycles.